The fourth-order valence-corrected chi connectivity index (χ4v) is 2.99. The summed E-state index contributed by atoms with van der Waals surface area (Å²) in [5, 5.41) is 6.31. The molecule has 0 atom stereocenters. The minimum absolute atomic E-state index is 0.0324. The minimum atomic E-state index is -2.94. The normalized spacial score (nSPS) is 12.8. The summed E-state index contributed by atoms with van der Waals surface area (Å²) in [6.07, 6.45) is 0.769. The number of fused-ring (bicyclic) bond motifs is 1. The summed E-state index contributed by atoms with van der Waals surface area (Å²) in [5.41, 5.74) is 1.64. The van der Waals surface area contributed by atoms with E-state index in [1.807, 2.05) is 31.2 Å². The maximum absolute atomic E-state index is 12.8. The topological polar surface area (TPSA) is 73.3 Å². The van der Waals surface area contributed by atoms with E-state index in [0.29, 0.717) is 36.2 Å². The lowest BCUT2D eigenvalue weighted by Crippen LogP contribution is -2.38. The van der Waals surface area contributed by atoms with Crippen LogP contribution in [0.3, 0.4) is 0 Å². The van der Waals surface area contributed by atoms with Crippen molar-refractivity contribution < 1.29 is 27.7 Å². The Morgan fingerprint density at radius 2 is 1.97 bits per heavy atom. The van der Waals surface area contributed by atoms with Gasteiger partial charge in [0.15, 0.2) is 17.5 Å². The van der Waals surface area contributed by atoms with Gasteiger partial charge in [-0.15, -0.1) is 0 Å². The zero-order valence-corrected chi connectivity index (χ0v) is 16.9. The molecule has 1 aliphatic heterocycles. The Balaban J connectivity index is 1.56. The molecular formula is C21H25F2N3O4. The Bertz CT molecular complexity index is 877. The van der Waals surface area contributed by atoms with Crippen molar-refractivity contribution in [3.05, 3.63) is 47.5 Å². The van der Waals surface area contributed by atoms with Crippen LogP contribution in [-0.2, 0) is 13.0 Å². The molecular weight excluding hydrogens is 396 g/mol. The van der Waals surface area contributed by atoms with E-state index >= 15 is 0 Å². The van der Waals surface area contributed by atoms with Crippen molar-refractivity contribution in [3.8, 4) is 23.0 Å². The lowest BCUT2D eigenvalue weighted by molar-refractivity contribution is -0.0505. The second-order valence-corrected chi connectivity index (χ2v) is 6.37. The third-order valence-electron chi connectivity index (χ3n) is 4.36. The molecule has 2 aromatic rings. The van der Waals surface area contributed by atoms with Gasteiger partial charge >= 0.3 is 6.61 Å². The second-order valence-electron chi connectivity index (χ2n) is 6.37. The Labute approximate surface area is 174 Å². The molecule has 0 fully saturated rings. The van der Waals surface area contributed by atoms with Gasteiger partial charge in [0.05, 0.1) is 6.61 Å². The van der Waals surface area contributed by atoms with Gasteiger partial charge in [-0.1, -0.05) is 12.1 Å². The van der Waals surface area contributed by atoms with Gasteiger partial charge < -0.3 is 29.6 Å². The molecule has 0 saturated heterocycles. The first kappa shape index (κ1) is 21.5. The van der Waals surface area contributed by atoms with Gasteiger partial charge in [-0.2, -0.15) is 8.78 Å². The average molecular weight is 421 g/mol. The molecule has 7 nitrogen and oxygen atoms in total. The smallest absolute Gasteiger partial charge is 0.387 e. The number of halogens is 2. The van der Waals surface area contributed by atoms with Gasteiger partial charge in [0.25, 0.3) is 0 Å². The first-order chi connectivity index (χ1) is 14.6. The van der Waals surface area contributed by atoms with Gasteiger partial charge in [-0.3, -0.25) is 4.99 Å². The Morgan fingerprint density at radius 3 is 2.70 bits per heavy atom. The maximum atomic E-state index is 12.8. The molecule has 162 valence electrons. The van der Waals surface area contributed by atoms with Crippen LogP contribution in [0.4, 0.5) is 8.78 Å². The maximum Gasteiger partial charge on any atom is 0.387 e. The van der Waals surface area contributed by atoms with Crippen LogP contribution < -0.4 is 29.6 Å². The molecule has 30 heavy (non-hydrogen) atoms. The lowest BCUT2D eigenvalue weighted by atomic mass is 10.1. The van der Waals surface area contributed by atoms with E-state index in [1.54, 1.807) is 13.1 Å². The van der Waals surface area contributed by atoms with Gasteiger partial charge in [0.1, 0.15) is 11.5 Å². The Morgan fingerprint density at radius 1 is 1.17 bits per heavy atom. The van der Waals surface area contributed by atoms with E-state index in [0.717, 1.165) is 17.7 Å². The predicted molar refractivity (Wildman–Crippen MR) is 109 cm³/mol. The molecule has 2 N–H and O–H groups in total. The minimum Gasteiger partial charge on any atom is -0.494 e. The third-order valence-corrected chi connectivity index (χ3v) is 4.36. The van der Waals surface area contributed by atoms with Gasteiger partial charge in [-0.05, 0) is 37.1 Å². The van der Waals surface area contributed by atoms with Crippen LogP contribution in [0.1, 0.15) is 18.1 Å². The SMILES string of the molecule is CCOc1cccc(CCNC(=NC)NCc2cc3c(cc2OC(F)F)OCO3)c1. The highest BCUT2D eigenvalue weighted by Gasteiger charge is 2.20. The van der Waals surface area contributed by atoms with Crippen LogP contribution in [0, 0.1) is 0 Å². The average Bonchev–Trinajstić information content (AvgIpc) is 3.18. The number of hydrogen-bond donors (Lipinski definition) is 2. The molecule has 3 rings (SSSR count). The summed E-state index contributed by atoms with van der Waals surface area (Å²) in [4.78, 5) is 4.17. The van der Waals surface area contributed by atoms with Gasteiger partial charge in [0, 0.05) is 31.8 Å². The second kappa shape index (κ2) is 10.5. The number of hydrogen-bond acceptors (Lipinski definition) is 5. The third kappa shape index (κ3) is 5.88. The summed E-state index contributed by atoms with van der Waals surface area (Å²) in [7, 11) is 1.64. The number of nitrogens with one attached hydrogen (secondary N) is 2. The van der Waals surface area contributed by atoms with E-state index in [4.69, 9.17) is 14.2 Å². The summed E-state index contributed by atoms with van der Waals surface area (Å²) in [6.45, 7) is 0.536. The van der Waals surface area contributed by atoms with E-state index in [-0.39, 0.29) is 19.1 Å². The molecule has 9 heteroatoms. The number of rotatable bonds is 9. The van der Waals surface area contributed by atoms with Crippen molar-refractivity contribution in [1.82, 2.24) is 10.6 Å². The zero-order valence-electron chi connectivity index (χ0n) is 16.9. The van der Waals surface area contributed by atoms with E-state index in [1.165, 1.54) is 6.07 Å². The molecule has 1 heterocycles. The van der Waals surface area contributed by atoms with Gasteiger partial charge in [0.2, 0.25) is 6.79 Å². The van der Waals surface area contributed by atoms with Crippen LogP contribution in [0.15, 0.2) is 41.4 Å². The van der Waals surface area contributed by atoms with Crippen molar-refractivity contribution >= 4 is 5.96 Å². The van der Waals surface area contributed by atoms with E-state index < -0.39 is 6.61 Å². The lowest BCUT2D eigenvalue weighted by Gasteiger charge is -2.15. The highest BCUT2D eigenvalue weighted by atomic mass is 19.3. The summed E-state index contributed by atoms with van der Waals surface area (Å²) < 4.78 is 46.2. The molecule has 0 bridgehead atoms. The van der Waals surface area contributed by atoms with Crippen LogP contribution in [0.5, 0.6) is 23.0 Å². The largest absolute Gasteiger partial charge is 0.494 e. The number of ether oxygens (including phenoxy) is 4. The molecule has 0 amide bonds. The molecule has 0 aliphatic carbocycles. The van der Waals surface area contributed by atoms with Crippen molar-refractivity contribution in [1.29, 1.82) is 0 Å². The molecule has 1 aliphatic rings. The van der Waals surface area contributed by atoms with Crippen molar-refractivity contribution in [3.63, 3.8) is 0 Å². The molecule has 0 aromatic heterocycles. The molecule has 0 radical (unpaired) electrons. The van der Waals surface area contributed by atoms with E-state index in [9.17, 15) is 8.78 Å². The molecule has 0 unspecified atom stereocenters. The standard InChI is InChI=1S/C21H25F2N3O4/c1-3-27-16-6-4-5-14(9-16)7-8-25-21(24-2)26-12-15-10-18-19(29-13-28-18)11-17(15)30-20(22)23/h4-6,9-11,20H,3,7-8,12-13H2,1-2H3,(H2,24,25,26). The first-order valence-electron chi connectivity index (χ1n) is 9.62. The monoisotopic (exact) mass is 421 g/mol. The fourth-order valence-electron chi connectivity index (χ4n) is 2.99. The van der Waals surface area contributed by atoms with Crippen molar-refractivity contribution in [2.24, 2.45) is 4.99 Å². The van der Waals surface area contributed by atoms with Crippen LogP contribution in [0.2, 0.25) is 0 Å². The van der Waals surface area contributed by atoms with Crippen LogP contribution >= 0.6 is 0 Å². The number of nitrogens with zero attached hydrogens (tertiary/aromatic N) is 1. The summed E-state index contributed by atoms with van der Waals surface area (Å²) in [6, 6.07) is 10.9. The summed E-state index contributed by atoms with van der Waals surface area (Å²) in [5.74, 6) is 2.28. The van der Waals surface area contributed by atoms with Crippen LogP contribution in [-0.4, -0.2) is 39.6 Å². The van der Waals surface area contributed by atoms with Crippen molar-refractivity contribution in [2.45, 2.75) is 26.5 Å². The number of guanidine groups is 1. The van der Waals surface area contributed by atoms with E-state index in [2.05, 4.69) is 20.4 Å². The molecule has 0 saturated carbocycles. The highest BCUT2D eigenvalue weighted by molar-refractivity contribution is 5.79. The number of benzene rings is 2. The fraction of sp³-hybridized carbons (Fsp3) is 0.381. The Kier molecular flexibility index (Phi) is 7.53. The molecule has 0 spiro atoms. The van der Waals surface area contributed by atoms with Crippen molar-refractivity contribution in [2.75, 3.05) is 27.0 Å². The van der Waals surface area contributed by atoms with Gasteiger partial charge in [-0.25, -0.2) is 0 Å². The zero-order chi connectivity index (χ0) is 21.3. The predicted octanol–water partition coefficient (Wildman–Crippen LogP) is 3.32. The highest BCUT2D eigenvalue weighted by Crippen LogP contribution is 2.38. The summed E-state index contributed by atoms with van der Waals surface area (Å²) >= 11 is 0. The molecule has 2 aromatic carbocycles. The quantitative estimate of drug-likeness (QED) is 0.478. The van der Waals surface area contributed by atoms with Crippen LogP contribution in [0.25, 0.3) is 0 Å². The Hall–Kier alpha value is -3.23. The number of aliphatic imine (C=N–C) groups is 1. The first-order valence-corrected chi connectivity index (χ1v) is 9.62. The number of alkyl halides is 2.